The van der Waals surface area contributed by atoms with Gasteiger partial charge in [0.05, 0.1) is 6.04 Å². The van der Waals surface area contributed by atoms with Crippen molar-refractivity contribution in [2.45, 2.75) is 51.6 Å². The molecule has 3 N–H and O–H groups in total. The van der Waals surface area contributed by atoms with Gasteiger partial charge in [-0.25, -0.2) is 0 Å². The minimum absolute atomic E-state index is 0.0824. The number of rotatable bonds is 8. The number of hydrogen-bond donors (Lipinski definition) is 2. The number of carbonyl (C=O) groups excluding carboxylic acids is 1. The van der Waals surface area contributed by atoms with Crippen LogP contribution >= 0.6 is 0 Å². The van der Waals surface area contributed by atoms with E-state index in [1.54, 1.807) is 0 Å². The van der Waals surface area contributed by atoms with Gasteiger partial charge in [-0.3, -0.25) is 9.69 Å². The molecule has 0 aromatic rings. The van der Waals surface area contributed by atoms with Gasteiger partial charge in [0.1, 0.15) is 0 Å². The molecule has 17 heavy (non-hydrogen) atoms. The van der Waals surface area contributed by atoms with Crippen molar-refractivity contribution >= 4 is 5.91 Å². The molecule has 1 amide bonds. The summed E-state index contributed by atoms with van der Waals surface area (Å²) in [7, 11) is 2.01. The van der Waals surface area contributed by atoms with Crippen LogP contribution in [0.2, 0.25) is 0 Å². The van der Waals surface area contributed by atoms with Crippen LogP contribution in [0, 0.1) is 5.92 Å². The van der Waals surface area contributed by atoms with E-state index in [9.17, 15) is 4.79 Å². The van der Waals surface area contributed by atoms with E-state index in [0.717, 1.165) is 19.4 Å². The lowest BCUT2D eigenvalue weighted by Gasteiger charge is -2.31. The van der Waals surface area contributed by atoms with Gasteiger partial charge in [-0.1, -0.05) is 13.3 Å². The van der Waals surface area contributed by atoms with E-state index in [0.29, 0.717) is 18.5 Å². The summed E-state index contributed by atoms with van der Waals surface area (Å²) in [5, 5.41) is 2.98. The summed E-state index contributed by atoms with van der Waals surface area (Å²) in [4.78, 5) is 14.1. The van der Waals surface area contributed by atoms with E-state index >= 15 is 0 Å². The number of amides is 1. The first-order valence-electron chi connectivity index (χ1n) is 6.81. The number of hydrogen-bond acceptors (Lipinski definition) is 3. The van der Waals surface area contributed by atoms with Crippen molar-refractivity contribution in [2.75, 3.05) is 20.1 Å². The summed E-state index contributed by atoms with van der Waals surface area (Å²) >= 11 is 0. The molecule has 1 rings (SSSR count). The molecule has 1 aliphatic rings. The zero-order valence-electron chi connectivity index (χ0n) is 11.4. The average Bonchev–Trinajstić information content (AvgIpc) is 3.13. The highest BCUT2D eigenvalue weighted by molar-refractivity contribution is 5.81. The normalized spacial score (nSPS) is 19.1. The zero-order chi connectivity index (χ0) is 12.8. The highest BCUT2D eigenvalue weighted by Crippen LogP contribution is 2.35. The third-order valence-corrected chi connectivity index (χ3v) is 3.75. The lowest BCUT2D eigenvalue weighted by Crippen LogP contribution is -2.51. The molecule has 4 nitrogen and oxygen atoms in total. The molecule has 0 aromatic heterocycles. The predicted molar refractivity (Wildman–Crippen MR) is 70.7 cm³/mol. The highest BCUT2D eigenvalue weighted by Gasteiger charge is 2.35. The van der Waals surface area contributed by atoms with E-state index < -0.39 is 0 Å². The first kappa shape index (κ1) is 14.5. The Morgan fingerprint density at radius 3 is 2.65 bits per heavy atom. The van der Waals surface area contributed by atoms with E-state index in [2.05, 4.69) is 17.1 Å². The maximum Gasteiger partial charge on any atom is 0.237 e. The highest BCUT2D eigenvalue weighted by atomic mass is 16.2. The summed E-state index contributed by atoms with van der Waals surface area (Å²) in [6, 6.07) is 0.280. The van der Waals surface area contributed by atoms with Crippen molar-refractivity contribution in [3.05, 3.63) is 0 Å². The molecule has 0 saturated heterocycles. The second-order valence-electron chi connectivity index (χ2n) is 5.13. The molecule has 2 atom stereocenters. The Bertz CT molecular complexity index is 241. The number of nitrogens with zero attached hydrogens (tertiary/aromatic N) is 1. The Kier molecular flexibility index (Phi) is 5.92. The van der Waals surface area contributed by atoms with Gasteiger partial charge >= 0.3 is 0 Å². The monoisotopic (exact) mass is 241 g/mol. The van der Waals surface area contributed by atoms with Crippen LogP contribution in [0.15, 0.2) is 0 Å². The van der Waals surface area contributed by atoms with E-state index in [1.807, 2.05) is 14.0 Å². The van der Waals surface area contributed by atoms with Crippen molar-refractivity contribution in [1.82, 2.24) is 10.2 Å². The molecule has 0 aliphatic heterocycles. The van der Waals surface area contributed by atoms with E-state index in [4.69, 9.17) is 5.73 Å². The van der Waals surface area contributed by atoms with Gasteiger partial charge in [0.15, 0.2) is 0 Å². The van der Waals surface area contributed by atoms with Gasteiger partial charge in [-0.05, 0) is 39.2 Å². The second kappa shape index (κ2) is 6.97. The quantitative estimate of drug-likeness (QED) is 0.622. The molecule has 0 radical (unpaired) electrons. The minimum atomic E-state index is -0.0824. The van der Waals surface area contributed by atoms with E-state index in [1.165, 1.54) is 12.8 Å². The zero-order valence-corrected chi connectivity index (χ0v) is 11.4. The van der Waals surface area contributed by atoms with Gasteiger partial charge in [-0.2, -0.15) is 0 Å². The predicted octanol–water partition coefficient (Wildman–Crippen LogP) is 0.960. The summed E-state index contributed by atoms with van der Waals surface area (Å²) in [6.45, 7) is 5.52. The summed E-state index contributed by atoms with van der Waals surface area (Å²) < 4.78 is 0. The number of nitrogens with two attached hydrogens (primary N) is 1. The minimum Gasteiger partial charge on any atom is -0.355 e. The number of likely N-dealkylation sites (N-methyl/N-ethyl adjacent to an activating group) is 1. The van der Waals surface area contributed by atoms with Gasteiger partial charge in [0.25, 0.3) is 0 Å². The molecular weight excluding hydrogens is 214 g/mol. The van der Waals surface area contributed by atoms with Crippen LogP contribution in [0.4, 0.5) is 0 Å². The fraction of sp³-hybridized carbons (Fsp3) is 0.923. The van der Waals surface area contributed by atoms with Crippen molar-refractivity contribution < 1.29 is 4.79 Å². The van der Waals surface area contributed by atoms with Crippen LogP contribution in [-0.2, 0) is 4.79 Å². The molecule has 1 fully saturated rings. The number of nitrogens with one attached hydrogen (secondary N) is 1. The van der Waals surface area contributed by atoms with Crippen molar-refractivity contribution in [2.24, 2.45) is 11.7 Å². The molecule has 2 unspecified atom stereocenters. The van der Waals surface area contributed by atoms with Gasteiger partial charge in [-0.15, -0.1) is 0 Å². The molecule has 100 valence electrons. The maximum atomic E-state index is 11.9. The fourth-order valence-corrected chi connectivity index (χ4v) is 2.18. The first-order valence-corrected chi connectivity index (χ1v) is 6.81. The topological polar surface area (TPSA) is 58.4 Å². The average molecular weight is 241 g/mol. The summed E-state index contributed by atoms with van der Waals surface area (Å²) in [6.07, 6.45) is 4.68. The lowest BCUT2D eigenvalue weighted by atomic mass is 10.1. The van der Waals surface area contributed by atoms with Crippen LogP contribution < -0.4 is 11.1 Å². The van der Waals surface area contributed by atoms with Gasteiger partial charge < -0.3 is 11.1 Å². The molecule has 1 saturated carbocycles. The Morgan fingerprint density at radius 2 is 2.18 bits per heavy atom. The van der Waals surface area contributed by atoms with Crippen LogP contribution in [0.3, 0.4) is 0 Å². The molecule has 1 aliphatic carbocycles. The largest absolute Gasteiger partial charge is 0.355 e. The molecule has 0 spiro atoms. The standard InChI is InChI=1S/C13H27N3O/c1-4-5-8-15-13(17)10(2)16(3)12(9-14)11-6-7-11/h10-12H,4-9,14H2,1-3H3,(H,15,17). The molecule has 0 heterocycles. The first-order chi connectivity index (χ1) is 8.11. The third kappa shape index (κ3) is 4.28. The fourth-order valence-electron chi connectivity index (χ4n) is 2.18. The SMILES string of the molecule is CCCCNC(=O)C(C)N(C)C(CN)C1CC1. The van der Waals surface area contributed by atoms with Crippen LogP contribution in [0.25, 0.3) is 0 Å². The number of unbranched alkanes of at least 4 members (excludes halogenated alkanes) is 1. The molecule has 4 heteroatoms. The Balaban J connectivity index is 2.38. The Labute approximate surface area is 105 Å². The molecular formula is C13H27N3O. The second-order valence-corrected chi connectivity index (χ2v) is 5.13. The number of carbonyl (C=O) groups is 1. The Hall–Kier alpha value is -0.610. The summed E-state index contributed by atoms with van der Waals surface area (Å²) in [5.41, 5.74) is 5.80. The smallest absolute Gasteiger partial charge is 0.237 e. The van der Waals surface area contributed by atoms with Crippen LogP contribution in [-0.4, -0.2) is 43.0 Å². The maximum absolute atomic E-state index is 11.9. The third-order valence-electron chi connectivity index (χ3n) is 3.75. The lowest BCUT2D eigenvalue weighted by molar-refractivity contribution is -0.126. The van der Waals surface area contributed by atoms with Gasteiger partial charge in [0, 0.05) is 19.1 Å². The van der Waals surface area contributed by atoms with Gasteiger partial charge in [0.2, 0.25) is 5.91 Å². The van der Waals surface area contributed by atoms with Crippen molar-refractivity contribution in [1.29, 1.82) is 0 Å². The van der Waals surface area contributed by atoms with Crippen molar-refractivity contribution in [3.8, 4) is 0 Å². The summed E-state index contributed by atoms with van der Waals surface area (Å²) in [5.74, 6) is 0.830. The van der Waals surface area contributed by atoms with Crippen LogP contribution in [0.1, 0.15) is 39.5 Å². The van der Waals surface area contributed by atoms with Crippen molar-refractivity contribution in [3.63, 3.8) is 0 Å². The molecule has 0 aromatic carbocycles. The van der Waals surface area contributed by atoms with Crippen LogP contribution in [0.5, 0.6) is 0 Å². The van der Waals surface area contributed by atoms with E-state index in [-0.39, 0.29) is 11.9 Å². The Morgan fingerprint density at radius 1 is 1.53 bits per heavy atom. The molecule has 0 bridgehead atoms.